The van der Waals surface area contributed by atoms with E-state index in [0.29, 0.717) is 10.9 Å². The molecular formula is C19H21ClN2O3S. The van der Waals surface area contributed by atoms with Crippen LogP contribution in [0.2, 0.25) is 5.02 Å². The second kappa shape index (κ2) is 8.66. The van der Waals surface area contributed by atoms with Gasteiger partial charge in [-0.1, -0.05) is 41.9 Å². The van der Waals surface area contributed by atoms with Crippen molar-refractivity contribution in [3.05, 3.63) is 64.7 Å². The molecule has 1 fully saturated rings. The van der Waals surface area contributed by atoms with Crippen molar-refractivity contribution in [2.45, 2.75) is 37.8 Å². The number of hydrogen-bond acceptors (Lipinski definition) is 4. The fourth-order valence-electron chi connectivity index (χ4n) is 2.91. The molecule has 0 aliphatic heterocycles. The molecule has 0 spiro atoms. The number of nitrogens with one attached hydrogen (secondary N) is 1. The molecule has 1 N–H and O–H groups in total. The molecule has 0 bridgehead atoms. The summed E-state index contributed by atoms with van der Waals surface area (Å²) in [5.41, 5.74) is 0.852. The molecule has 7 heteroatoms. The maximum atomic E-state index is 12.2. The molecule has 1 saturated carbocycles. The van der Waals surface area contributed by atoms with Gasteiger partial charge in [0, 0.05) is 23.7 Å². The Morgan fingerprint density at radius 3 is 2.46 bits per heavy atom. The quantitative estimate of drug-likeness (QED) is 0.806. The third-order valence-corrected chi connectivity index (χ3v) is 5.61. The highest BCUT2D eigenvalue weighted by molar-refractivity contribution is 7.92. The van der Waals surface area contributed by atoms with Crippen LogP contribution >= 0.6 is 11.6 Å². The van der Waals surface area contributed by atoms with Gasteiger partial charge < -0.3 is 4.74 Å². The molecular weight excluding hydrogens is 372 g/mol. The van der Waals surface area contributed by atoms with Gasteiger partial charge in [0.25, 0.3) is 0 Å². The molecule has 0 saturated heterocycles. The standard InChI is InChI=1S/C19H21ClN2O3S/c20-16-6-11-19(21-14-16)25-18-9-7-17(8-10-18)22-26(23,24)13-12-15-4-2-1-3-5-15/h1-6,11-14,17-18,22H,7-10H2/b13-12+. The minimum absolute atomic E-state index is 0.0456. The molecule has 0 unspecified atom stereocenters. The summed E-state index contributed by atoms with van der Waals surface area (Å²) in [6.07, 6.45) is 6.22. The van der Waals surface area contributed by atoms with Gasteiger partial charge in [0.2, 0.25) is 15.9 Å². The Morgan fingerprint density at radius 2 is 1.81 bits per heavy atom. The van der Waals surface area contributed by atoms with Crippen LogP contribution in [0.25, 0.3) is 6.08 Å². The van der Waals surface area contributed by atoms with E-state index in [0.717, 1.165) is 31.2 Å². The van der Waals surface area contributed by atoms with E-state index in [1.54, 1.807) is 24.4 Å². The fourth-order valence-corrected chi connectivity index (χ4v) is 4.13. The number of hydrogen-bond donors (Lipinski definition) is 1. The van der Waals surface area contributed by atoms with E-state index < -0.39 is 10.0 Å². The highest BCUT2D eigenvalue weighted by atomic mass is 35.5. The first-order chi connectivity index (χ1) is 12.5. The highest BCUT2D eigenvalue weighted by Crippen LogP contribution is 2.24. The Morgan fingerprint density at radius 1 is 1.08 bits per heavy atom. The predicted octanol–water partition coefficient (Wildman–Crippen LogP) is 4.02. The van der Waals surface area contributed by atoms with Crippen LogP contribution < -0.4 is 9.46 Å². The molecule has 2 aromatic rings. The third-order valence-electron chi connectivity index (χ3n) is 4.23. The monoisotopic (exact) mass is 392 g/mol. The molecule has 0 radical (unpaired) electrons. The van der Waals surface area contributed by atoms with Gasteiger partial charge in [0.1, 0.15) is 6.10 Å². The third kappa shape index (κ3) is 5.83. The second-order valence-corrected chi connectivity index (χ2v) is 8.32. The minimum Gasteiger partial charge on any atom is -0.474 e. The number of ether oxygens (including phenoxy) is 1. The molecule has 1 aliphatic carbocycles. The number of halogens is 1. The molecule has 138 valence electrons. The first-order valence-electron chi connectivity index (χ1n) is 8.54. The zero-order chi connectivity index (χ0) is 18.4. The van der Waals surface area contributed by atoms with Crippen LogP contribution in [0.5, 0.6) is 5.88 Å². The topological polar surface area (TPSA) is 68.3 Å². The molecule has 0 atom stereocenters. The van der Waals surface area contributed by atoms with Gasteiger partial charge in [-0.15, -0.1) is 0 Å². The smallest absolute Gasteiger partial charge is 0.233 e. The molecule has 26 heavy (non-hydrogen) atoms. The molecule has 1 aliphatic rings. The lowest BCUT2D eigenvalue weighted by Gasteiger charge is -2.28. The Balaban J connectivity index is 1.48. The van der Waals surface area contributed by atoms with Crippen molar-refractivity contribution in [1.82, 2.24) is 9.71 Å². The Labute approximate surface area is 159 Å². The molecule has 1 heterocycles. The minimum atomic E-state index is -3.46. The normalized spacial score (nSPS) is 21.0. The number of pyridine rings is 1. The summed E-state index contributed by atoms with van der Waals surface area (Å²) in [6.45, 7) is 0. The summed E-state index contributed by atoms with van der Waals surface area (Å²) in [6, 6.07) is 12.8. The Bertz CT molecular complexity index is 831. The van der Waals surface area contributed by atoms with Crippen molar-refractivity contribution < 1.29 is 13.2 Å². The van der Waals surface area contributed by atoms with Gasteiger partial charge in [0.15, 0.2) is 0 Å². The number of aromatic nitrogens is 1. The summed E-state index contributed by atoms with van der Waals surface area (Å²) in [5.74, 6) is 0.546. The van der Waals surface area contributed by atoms with Gasteiger partial charge in [-0.2, -0.15) is 0 Å². The van der Waals surface area contributed by atoms with E-state index in [9.17, 15) is 8.42 Å². The fraction of sp³-hybridized carbons (Fsp3) is 0.316. The van der Waals surface area contributed by atoms with E-state index >= 15 is 0 Å². The van der Waals surface area contributed by atoms with E-state index in [1.807, 2.05) is 30.3 Å². The maximum Gasteiger partial charge on any atom is 0.233 e. The summed E-state index contributed by atoms with van der Waals surface area (Å²) < 4.78 is 33.0. The van der Waals surface area contributed by atoms with Gasteiger partial charge in [-0.25, -0.2) is 18.1 Å². The van der Waals surface area contributed by atoms with Crippen molar-refractivity contribution in [3.63, 3.8) is 0 Å². The first kappa shape index (κ1) is 18.9. The average molecular weight is 393 g/mol. The van der Waals surface area contributed by atoms with E-state index in [2.05, 4.69) is 9.71 Å². The van der Waals surface area contributed by atoms with E-state index in [-0.39, 0.29) is 12.1 Å². The van der Waals surface area contributed by atoms with Gasteiger partial charge in [0.05, 0.1) is 5.02 Å². The molecule has 1 aromatic carbocycles. The van der Waals surface area contributed by atoms with E-state index in [4.69, 9.17) is 16.3 Å². The predicted molar refractivity (Wildman–Crippen MR) is 103 cm³/mol. The number of sulfonamides is 1. The van der Waals surface area contributed by atoms with Crippen molar-refractivity contribution in [1.29, 1.82) is 0 Å². The van der Waals surface area contributed by atoms with Crippen LogP contribution in [-0.4, -0.2) is 25.5 Å². The lowest BCUT2D eigenvalue weighted by atomic mass is 9.94. The zero-order valence-corrected chi connectivity index (χ0v) is 15.8. The van der Waals surface area contributed by atoms with Crippen molar-refractivity contribution in [2.75, 3.05) is 0 Å². The van der Waals surface area contributed by atoms with Crippen LogP contribution in [0, 0.1) is 0 Å². The van der Waals surface area contributed by atoms with Crippen LogP contribution in [0.1, 0.15) is 31.2 Å². The number of nitrogens with zero attached hydrogens (tertiary/aromatic N) is 1. The first-order valence-corrected chi connectivity index (χ1v) is 10.5. The summed E-state index contributed by atoms with van der Waals surface area (Å²) in [4.78, 5) is 4.13. The summed E-state index contributed by atoms with van der Waals surface area (Å²) in [5, 5.41) is 1.79. The SMILES string of the molecule is O=S(=O)(/C=C/c1ccccc1)NC1CCC(Oc2ccc(Cl)cn2)CC1. The van der Waals surface area contributed by atoms with Gasteiger partial charge >= 0.3 is 0 Å². The second-order valence-electron chi connectivity index (χ2n) is 6.28. The average Bonchev–Trinajstić information content (AvgIpc) is 2.64. The Kier molecular flexibility index (Phi) is 6.29. The molecule has 1 aromatic heterocycles. The number of benzene rings is 1. The van der Waals surface area contributed by atoms with Gasteiger partial charge in [-0.05, 0) is 43.4 Å². The lowest BCUT2D eigenvalue weighted by Crippen LogP contribution is -2.38. The molecule has 3 rings (SSSR count). The summed E-state index contributed by atoms with van der Waals surface area (Å²) >= 11 is 5.81. The van der Waals surface area contributed by atoms with Crippen LogP contribution in [0.4, 0.5) is 0 Å². The van der Waals surface area contributed by atoms with Crippen molar-refractivity contribution >= 4 is 27.7 Å². The number of rotatable bonds is 6. The largest absolute Gasteiger partial charge is 0.474 e. The Hall–Kier alpha value is -1.89. The van der Waals surface area contributed by atoms with Crippen molar-refractivity contribution in [2.24, 2.45) is 0 Å². The highest BCUT2D eigenvalue weighted by Gasteiger charge is 2.25. The van der Waals surface area contributed by atoms with Crippen molar-refractivity contribution in [3.8, 4) is 5.88 Å². The maximum absolute atomic E-state index is 12.2. The molecule has 5 nitrogen and oxygen atoms in total. The van der Waals surface area contributed by atoms with Crippen LogP contribution in [-0.2, 0) is 10.0 Å². The van der Waals surface area contributed by atoms with E-state index in [1.165, 1.54) is 5.41 Å². The van der Waals surface area contributed by atoms with Crippen LogP contribution in [0.3, 0.4) is 0 Å². The zero-order valence-electron chi connectivity index (χ0n) is 14.2. The molecule has 0 amide bonds. The lowest BCUT2D eigenvalue weighted by molar-refractivity contribution is 0.138. The summed E-state index contributed by atoms with van der Waals surface area (Å²) in [7, 11) is -3.46. The van der Waals surface area contributed by atoms with Crippen LogP contribution in [0.15, 0.2) is 54.1 Å². The van der Waals surface area contributed by atoms with Gasteiger partial charge in [-0.3, -0.25) is 0 Å².